The van der Waals surface area contributed by atoms with Gasteiger partial charge in [0.25, 0.3) is 0 Å². The van der Waals surface area contributed by atoms with Crippen molar-refractivity contribution in [3.63, 3.8) is 0 Å². The molecule has 22 heavy (non-hydrogen) atoms. The number of carbonyl (C=O) groups is 1. The SMILES string of the molecule is CC(C)(C)OC(=O)N1CCN(CC2CCNCC2)C[C@H]1CO. The molecule has 2 aliphatic rings. The van der Waals surface area contributed by atoms with Gasteiger partial charge in [0.1, 0.15) is 5.60 Å². The van der Waals surface area contributed by atoms with Gasteiger partial charge in [-0.3, -0.25) is 4.90 Å². The van der Waals surface area contributed by atoms with Gasteiger partial charge < -0.3 is 20.1 Å². The Balaban J connectivity index is 1.86. The molecule has 2 saturated heterocycles. The van der Waals surface area contributed by atoms with Crippen LogP contribution in [0.15, 0.2) is 0 Å². The molecular formula is C16H31N3O3. The van der Waals surface area contributed by atoms with Crippen molar-refractivity contribution in [3.05, 3.63) is 0 Å². The first kappa shape index (κ1) is 17.5. The first-order valence-electron chi connectivity index (χ1n) is 8.42. The standard InChI is InChI=1S/C16H31N3O3/c1-16(2,3)22-15(21)19-9-8-18(11-14(19)12-20)10-13-4-6-17-7-5-13/h13-14,17,20H,4-12H2,1-3H3/t14-/m0/s1. The van der Waals surface area contributed by atoms with Gasteiger partial charge in [-0.2, -0.15) is 0 Å². The Hall–Kier alpha value is -0.850. The summed E-state index contributed by atoms with van der Waals surface area (Å²) >= 11 is 0. The summed E-state index contributed by atoms with van der Waals surface area (Å²) < 4.78 is 5.44. The number of piperidine rings is 1. The topological polar surface area (TPSA) is 65.0 Å². The van der Waals surface area contributed by atoms with Crippen LogP contribution in [0.5, 0.6) is 0 Å². The fraction of sp³-hybridized carbons (Fsp3) is 0.938. The van der Waals surface area contributed by atoms with E-state index in [9.17, 15) is 9.90 Å². The molecule has 2 rings (SSSR count). The van der Waals surface area contributed by atoms with E-state index in [1.165, 1.54) is 12.8 Å². The summed E-state index contributed by atoms with van der Waals surface area (Å²) in [6.45, 7) is 11.1. The Morgan fingerprint density at radius 2 is 1.95 bits per heavy atom. The molecule has 0 aromatic heterocycles. The van der Waals surface area contributed by atoms with Crippen LogP contribution in [0.3, 0.4) is 0 Å². The molecular weight excluding hydrogens is 282 g/mol. The molecule has 2 heterocycles. The summed E-state index contributed by atoms with van der Waals surface area (Å²) in [4.78, 5) is 16.3. The first-order chi connectivity index (χ1) is 10.4. The van der Waals surface area contributed by atoms with E-state index in [0.717, 1.165) is 38.6 Å². The third-order valence-corrected chi connectivity index (χ3v) is 4.38. The van der Waals surface area contributed by atoms with Crippen LogP contribution < -0.4 is 5.32 Å². The molecule has 6 heteroatoms. The molecule has 0 aromatic carbocycles. The molecule has 0 spiro atoms. The molecule has 2 aliphatic heterocycles. The van der Waals surface area contributed by atoms with Crippen LogP contribution in [0.2, 0.25) is 0 Å². The Labute approximate surface area is 133 Å². The number of carbonyl (C=O) groups excluding carboxylic acids is 1. The van der Waals surface area contributed by atoms with E-state index < -0.39 is 5.60 Å². The van der Waals surface area contributed by atoms with Gasteiger partial charge in [0.15, 0.2) is 0 Å². The van der Waals surface area contributed by atoms with Crippen molar-refractivity contribution in [2.24, 2.45) is 5.92 Å². The number of amides is 1. The Bertz CT molecular complexity index is 364. The van der Waals surface area contributed by atoms with E-state index in [4.69, 9.17) is 4.74 Å². The second-order valence-electron chi connectivity index (χ2n) is 7.46. The van der Waals surface area contributed by atoms with Crippen LogP contribution in [-0.4, -0.2) is 78.5 Å². The maximum atomic E-state index is 12.2. The zero-order valence-electron chi connectivity index (χ0n) is 14.2. The molecule has 0 radical (unpaired) electrons. The number of aliphatic hydroxyl groups excluding tert-OH is 1. The van der Waals surface area contributed by atoms with E-state index >= 15 is 0 Å². The first-order valence-corrected chi connectivity index (χ1v) is 8.42. The summed E-state index contributed by atoms with van der Waals surface area (Å²) in [5.41, 5.74) is -0.497. The summed E-state index contributed by atoms with van der Waals surface area (Å²) in [5.74, 6) is 0.730. The molecule has 2 fully saturated rings. The minimum absolute atomic E-state index is 0.0119. The number of piperazine rings is 1. The van der Waals surface area contributed by atoms with Crippen molar-refractivity contribution in [1.29, 1.82) is 0 Å². The number of hydrogen-bond donors (Lipinski definition) is 2. The van der Waals surface area contributed by atoms with Crippen LogP contribution in [-0.2, 0) is 4.74 Å². The highest BCUT2D eigenvalue weighted by atomic mass is 16.6. The van der Waals surface area contributed by atoms with Crippen molar-refractivity contribution in [3.8, 4) is 0 Å². The molecule has 0 saturated carbocycles. The lowest BCUT2D eigenvalue weighted by Crippen LogP contribution is -2.58. The van der Waals surface area contributed by atoms with Gasteiger partial charge >= 0.3 is 6.09 Å². The van der Waals surface area contributed by atoms with Crippen LogP contribution in [0, 0.1) is 5.92 Å². The minimum Gasteiger partial charge on any atom is -0.444 e. The number of rotatable bonds is 3. The molecule has 0 aromatic rings. The number of nitrogens with one attached hydrogen (secondary N) is 1. The maximum Gasteiger partial charge on any atom is 0.410 e. The lowest BCUT2D eigenvalue weighted by molar-refractivity contribution is -0.0140. The Morgan fingerprint density at radius 3 is 2.55 bits per heavy atom. The molecule has 2 N–H and O–H groups in total. The third-order valence-electron chi connectivity index (χ3n) is 4.38. The largest absolute Gasteiger partial charge is 0.444 e. The number of aliphatic hydroxyl groups is 1. The maximum absolute atomic E-state index is 12.2. The van der Waals surface area contributed by atoms with Crippen molar-refractivity contribution < 1.29 is 14.6 Å². The highest BCUT2D eigenvalue weighted by Crippen LogP contribution is 2.19. The van der Waals surface area contributed by atoms with Crippen molar-refractivity contribution in [2.45, 2.75) is 45.3 Å². The van der Waals surface area contributed by atoms with Gasteiger partial charge in [-0.1, -0.05) is 0 Å². The molecule has 0 unspecified atom stereocenters. The quantitative estimate of drug-likeness (QED) is 0.810. The zero-order chi connectivity index (χ0) is 16.2. The van der Waals surface area contributed by atoms with Gasteiger partial charge in [0, 0.05) is 26.2 Å². The predicted molar refractivity (Wildman–Crippen MR) is 85.8 cm³/mol. The summed E-state index contributed by atoms with van der Waals surface area (Å²) in [5, 5.41) is 13.0. The zero-order valence-corrected chi connectivity index (χ0v) is 14.2. The lowest BCUT2D eigenvalue weighted by atomic mass is 9.97. The smallest absolute Gasteiger partial charge is 0.410 e. The number of nitrogens with zero attached hydrogens (tertiary/aromatic N) is 2. The highest BCUT2D eigenvalue weighted by Gasteiger charge is 2.33. The normalized spacial score (nSPS) is 25.3. The van der Waals surface area contributed by atoms with Crippen LogP contribution >= 0.6 is 0 Å². The van der Waals surface area contributed by atoms with Crippen LogP contribution in [0.25, 0.3) is 0 Å². The van der Waals surface area contributed by atoms with Crippen molar-refractivity contribution in [1.82, 2.24) is 15.1 Å². The van der Waals surface area contributed by atoms with Crippen LogP contribution in [0.4, 0.5) is 4.79 Å². The van der Waals surface area contributed by atoms with Gasteiger partial charge in [-0.15, -0.1) is 0 Å². The average molecular weight is 313 g/mol. The summed E-state index contributed by atoms with van der Waals surface area (Å²) in [6, 6.07) is -0.162. The number of hydrogen-bond acceptors (Lipinski definition) is 5. The second kappa shape index (κ2) is 7.62. The monoisotopic (exact) mass is 313 g/mol. The number of ether oxygens (including phenoxy) is 1. The molecule has 128 valence electrons. The van der Waals surface area contributed by atoms with Gasteiger partial charge in [0.2, 0.25) is 0 Å². The van der Waals surface area contributed by atoms with Gasteiger partial charge in [-0.05, 0) is 52.6 Å². The fourth-order valence-electron chi connectivity index (χ4n) is 3.23. The molecule has 1 atom stereocenters. The molecule has 0 bridgehead atoms. The second-order valence-corrected chi connectivity index (χ2v) is 7.46. The summed E-state index contributed by atoms with van der Waals surface area (Å²) in [6.07, 6.45) is 2.12. The van der Waals surface area contributed by atoms with Crippen LogP contribution in [0.1, 0.15) is 33.6 Å². The third kappa shape index (κ3) is 5.11. The van der Waals surface area contributed by atoms with E-state index in [2.05, 4.69) is 10.2 Å². The highest BCUT2D eigenvalue weighted by molar-refractivity contribution is 5.68. The Kier molecular flexibility index (Phi) is 6.06. The average Bonchev–Trinajstić information content (AvgIpc) is 2.46. The molecule has 6 nitrogen and oxygen atoms in total. The van der Waals surface area contributed by atoms with Crippen molar-refractivity contribution >= 4 is 6.09 Å². The van der Waals surface area contributed by atoms with E-state index in [0.29, 0.717) is 6.54 Å². The van der Waals surface area contributed by atoms with Crippen molar-refractivity contribution in [2.75, 3.05) is 45.9 Å². The Morgan fingerprint density at radius 1 is 1.27 bits per heavy atom. The van der Waals surface area contributed by atoms with Gasteiger partial charge in [-0.25, -0.2) is 4.79 Å². The predicted octanol–water partition coefficient (Wildman–Crippen LogP) is 0.900. The minimum atomic E-state index is -0.497. The van der Waals surface area contributed by atoms with E-state index in [1.807, 2.05) is 20.8 Å². The van der Waals surface area contributed by atoms with E-state index in [1.54, 1.807) is 4.90 Å². The fourth-order valence-corrected chi connectivity index (χ4v) is 3.23. The van der Waals surface area contributed by atoms with Gasteiger partial charge in [0.05, 0.1) is 12.6 Å². The summed E-state index contributed by atoms with van der Waals surface area (Å²) in [7, 11) is 0. The lowest BCUT2D eigenvalue weighted by Gasteiger charge is -2.42. The van der Waals surface area contributed by atoms with E-state index in [-0.39, 0.29) is 18.7 Å². The molecule has 1 amide bonds. The molecule has 0 aliphatic carbocycles.